The molecule has 0 aliphatic carbocycles. The van der Waals surface area contributed by atoms with Crippen molar-refractivity contribution in [2.75, 3.05) is 33.2 Å². The van der Waals surface area contributed by atoms with Crippen LogP contribution in [0.2, 0.25) is 0 Å². The first-order valence-corrected chi connectivity index (χ1v) is 5.17. The van der Waals surface area contributed by atoms with Crippen molar-refractivity contribution >= 4 is 5.69 Å². The Labute approximate surface area is 101 Å². The van der Waals surface area contributed by atoms with E-state index in [1.807, 2.05) is 0 Å². The molecule has 0 fully saturated rings. The van der Waals surface area contributed by atoms with Crippen LogP contribution in [-0.4, -0.2) is 27.9 Å². The number of hydrogen-bond acceptors (Lipinski definition) is 5. The highest BCUT2D eigenvalue weighted by molar-refractivity contribution is 5.62. The molecule has 1 N–H and O–H groups in total. The van der Waals surface area contributed by atoms with Gasteiger partial charge in [-0.05, 0) is 0 Å². The zero-order chi connectivity index (χ0) is 12.7. The van der Waals surface area contributed by atoms with Gasteiger partial charge in [0.25, 0.3) is 0 Å². The average Bonchev–Trinajstić information content (AvgIpc) is 2.37. The SMILES string of the molecule is COc1cc(NCCC#N)cc(OC)c1OC. The van der Waals surface area contributed by atoms with E-state index in [-0.39, 0.29) is 0 Å². The third kappa shape index (κ3) is 3.18. The summed E-state index contributed by atoms with van der Waals surface area (Å²) in [6.45, 7) is 0.579. The van der Waals surface area contributed by atoms with Crippen LogP contribution in [0.5, 0.6) is 17.2 Å². The topological polar surface area (TPSA) is 63.5 Å². The number of rotatable bonds is 6. The number of nitrogens with zero attached hydrogens (tertiary/aromatic N) is 1. The molecule has 0 bridgehead atoms. The van der Waals surface area contributed by atoms with Crippen LogP contribution >= 0.6 is 0 Å². The Hall–Kier alpha value is -2.09. The van der Waals surface area contributed by atoms with Crippen LogP contribution in [0.3, 0.4) is 0 Å². The number of nitrogens with one attached hydrogen (secondary N) is 1. The summed E-state index contributed by atoms with van der Waals surface area (Å²) in [5.41, 5.74) is 0.828. The third-order valence-electron chi connectivity index (χ3n) is 2.23. The smallest absolute Gasteiger partial charge is 0.203 e. The van der Waals surface area contributed by atoms with Gasteiger partial charge < -0.3 is 19.5 Å². The molecule has 0 spiro atoms. The Bertz CT molecular complexity index is 388. The fraction of sp³-hybridized carbons (Fsp3) is 0.417. The van der Waals surface area contributed by atoms with Crippen molar-refractivity contribution in [2.45, 2.75) is 6.42 Å². The number of ether oxygens (including phenoxy) is 3. The van der Waals surface area contributed by atoms with Crippen LogP contribution in [0.1, 0.15) is 6.42 Å². The molecule has 0 amide bonds. The van der Waals surface area contributed by atoms with E-state index in [2.05, 4.69) is 11.4 Å². The van der Waals surface area contributed by atoms with Crippen LogP contribution in [-0.2, 0) is 0 Å². The van der Waals surface area contributed by atoms with E-state index in [0.717, 1.165) is 5.69 Å². The predicted molar refractivity (Wildman–Crippen MR) is 64.8 cm³/mol. The standard InChI is InChI=1S/C12H16N2O3/c1-15-10-7-9(14-6-4-5-13)8-11(16-2)12(10)17-3/h7-8,14H,4,6H2,1-3H3. The van der Waals surface area contributed by atoms with E-state index >= 15 is 0 Å². The zero-order valence-corrected chi connectivity index (χ0v) is 10.2. The fourth-order valence-electron chi connectivity index (χ4n) is 1.45. The van der Waals surface area contributed by atoms with Crippen molar-refractivity contribution in [3.8, 4) is 23.3 Å². The Morgan fingerprint density at radius 3 is 2.12 bits per heavy atom. The highest BCUT2D eigenvalue weighted by Gasteiger charge is 2.12. The van der Waals surface area contributed by atoms with Crippen molar-refractivity contribution in [3.05, 3.63) is 12.1 Å². The second-order valence-electron chi connectivity index (χ2n) is 3.25. The van der Waals surface area contributed by atoms with Gasteiger partial charge in [-0.25, -0.2) is 0 Å². The summed E-state index contributed by atoms with van der Waals surface area (Å²) in [4.78, 5) is 0. The van der Waals surface area contributed by atoms with Crippen LogP contribution in [0, 0.1) is 11.3 Å². The lowest BCUT2D eigenvalue weighted by Gasteiger charge is -2.14. The highest BCUT2D eigenvalue weighted by Crippen LogP contribution is 2.39. The first-order chi connectivity index (χ1) is 8.26. The summed E-state index contributed by atoms with van der Waals surface area (Å²) in [7, 11) is 4.69. The van der Waals surface area contributed by atoms with Crippen molar-refractivity contribution in [1.29, 1.82) is 5.26 Å². The molecule has 0 aliphatic heterocycles. The number of hydrogen-bond donors (Lipinski definition) is 1. The Morgan fingerprint density at radius 2 is 1.71 bits per heavy atom. The monoisotopic (exact) mass is 236 g/mol. The molecule has 5 nitrogen and oxygen atoms in total. The average molecular weight is 236 g/mol. The van der Waals surface area contributed by atoms with Crippen molar-refractivity contribution in [3.63, 3.8) is 0 Å². The van der Waals surface area contributed by atoms with Crippen LogP contribution in [0.15, 0.2) is 12.1 Å². The fourth-order valence-corrected chi connectivity index (χ4v) is 1.45. The summed E-state index contributed by atoms with van der Waals surface area (Å²) >= 11 is 0. The van der Waals surface area contributed by atoms with Gasteiger partial charge in [-0.3, -0.25) is 0 Å². The number of benzene rings is 1. The Kier molecular flexibility index (Phi) is 4.95. The summed E-state index contributed by atoms with van der Waals surface area (Å²) in [5, 5.41) is 11.6. The molecule has 0 aliphatic rings. The van der Waals surface area contributed by atoms with Gasteiger partial charge >= 0.3 is 0 Å². The van der Waals surface area contributed by atoms with Crippen LogP contribution < -0.4 is 19.5 Å². The second kappa shape index (κ2) is 6.48. The van der Waals surface area contributed by atoms with E-state index in [1.165, 1.54) is 0 Å². The minimum atomic E-state index is 0.441. The van der Waals surface area contributed by atoms with E-state index < -0.39 is 0 Å². The van der Waals surface area contributed by atoms with Gasteiger partial charge in [-0.2, -0.15) is 5.26 Å². The van der Waals surface area contributed by atoms with E-state index in [9.17, 15) is 0 Å². The lowest BCUT2D eigenvalue weighted by atomic mass is 10.2. The quantitative estimate of drug-likeness (QED) is 0.766. The number of nitriles is 1. The van der Waals surface area contributed by atoms with Crippen molar-refractivity contribution < 1.29 is 14.2 Å². The molecular formula is C12H16N2O3. The lowest BCUT2D eigenvalue weighted by molar-refractivity contribution is 0.324. The van der Waals surface area contributed by atoms with E-state index in [4.69, 9.17) is 19.5 Å². The second-order valence-corrected chi connectivity index (χ2v) is 3.25. The molecule has 0 saturated heterocycles. The number of anilines is 1. The molecule has 1 aromatic carbocycles. The maximum Gasteiger partial charge on any atom is 0.203 e. The summed E-state index contributed by atoms with van der Waals surface area (Å²) in [6, 6.07) is 5.68. The van der Waals surface area contributed by atoms with Crippen LogP contribution in [0.4, 0.5) is 5.69 Å². The van der Waals surface area contributed by atoms with Gasteiger partial charge in [-0.1, -0.05) is 0 Å². The van der Waals surface area contributed by atoms with Gasteiger partial charge in [0.1, 0.15) is 0 Å². The van der Waals surface area contributed by atoms with Gasteiger partial charge in [0.2, 0.25) is 5.75 Å². The minimum Gasteiger partial charge on any atom is -0.493 e. The first-order valence-electron chi connectivity index (χ1n) is 5.17. The van der Waals surface area contributed by atoms with Gasteiger partial charge in [0.15, 0.2) is 11.5 Å². The van der Waals surface area contributed by atoms with Gasteiger partial charge in [0.05, 0.1) is 33.8 Å². The molecule has 0 aromatic heterocycles. The van der Waals surface area contributed by atoms with E-state index in [0.29, 0.717) is 30.2 Å². The van der Waals surface area contributed by atoms with Gasteiger partial charge in [0, 0.05) is 24.4 Å². The predicted octanol–water partition coefficient (Wildman–Crippen LogP) is 2.04. The summed E-state index contributed by atoms with van der Waals surface area (Å²) < 4.78 is 15.6. The third-order valence-corrected chi connectivity index (χ3v) is 2.23. The Balaban J connectivity index is 2.97. The molecule has 1 rings (SSSR count). The lowest BCUT2D eigenvalue weighted by Crippen LogP contribution is -2.02. The maximum absolute atomic E-state index is 8.47. The van der Waals surface area contributed by atoms with Crippen molar-refractivity contribution in [1.82, 2.24) is 0 Å². The molecule has 0 atom stereocenters. The minimum absolute atomic E-state index is 0.441. The zero-order valence-electron chi connectivity index (χ0n) is 10.2. The Morgan fingerprint density at radius 1 is 1.12 bits per heavy atom. The maximum atomic E-state index is 8.47. The van der Waals surface area contributed by atoms with Crippen LogP contribution in [0.25, 0.3) is 0 Å². The summed E-state index contributed by atoms with van der Waals surface area (Å²) in [6.07, 6.45) is 0.441. The molecule has 0 heterocycles. The summed E-state index contributed by atoms with van der Waals surface area (Å²) in [5.74, 6) is 1.73. The first kappa shape index (κ1) is 13.0. The van der Waals surface area contributed by atoms with Crippen molar-refractivity contribution in [2.24, 2.45) is 0 Å². The largest absolute Gasteiger partial charge is 0.493 e. The molecule has 17 heavy (non-hydrogen) atoms. The molecule has 1 aromatic rings. The normalized spacial score (nSPS) is 9.29. The molecule has 92 valence electrons. The van der Waals surface area contributed by atoms with Gasteiger partial charge in [-0.15, -0.1) is 0 Å². The molecule has 5 heteroatoms. The van der Waals surface area contributed by atoms with E-state index in [1.54, 1.807) is 33.5 Å². The molecule has 0 unspecified atom stereocenters. The molecule has 0 radical (unpaired) electrons. The molecular weight excluding hydrogens is 220 g/mol. The number of methoxy groups -OCH3 is 3. The molecule has 0 saturated carbocycles. The highest BCUT2D eigenvalue weighted by atomic mass is 16.5.